The standard InChI is InChI=1S/C14H21NO4/c1-4-17-10-14(16)15-11-7-8-12(18-5-2)13(9-11)19-6-3/h7-9H,4-6,10H2,1-3H3,(H,15,16). The van der Waals surface area contributed by atoms with Crippen LogP contribution in [-0.2, 0) is 9.53 Å². The molecular formula is C14H21NO4. The van der Waals surface area contributed by atoms with Gasteiger partial charge < -0.3 is 19.5 Å². The molecule has 0 fully saturated rings. The molecule has 5 nitrogen and oxygen atoms in total. The molecule has 0 spiro atoms. The van der Waals surface area contributed by atoms with E-state index in [-0.39, 0.29) is 12.5 Å². The highest BCUT2D eigenvalue weighted by Gasteiger charge is 2.08. The molecule has 0 aromatic heterocycles. The lowest BCUT2D eigenvalue weighted by Gasteiger charge is -2.13. The molecule has 0 radical (unpaired) electrons. The van der Waals surface area contributed by atoms with Crippen LogP contribution in [0.1, 0.15) is 20.8 Å². The Kier molecular flexibility index (Phi) is 6.74. The number of carbonyl (C=O) groups excluding carboxylic acids is 1. The molecule has 1 aromatic carbocycles. The van der Waals surface area contributed by atoms with E-state index in [4.69, 9.17) is 14.2 Å². The fourth-order valence-electron chi connectivity index (χ4n) is 1.52. The van der Waals surface area contributed by atoms with E-state index in [9.17, 15) is 4.79 Å². The Morgan fingerprint density at radius 2 is 1.74 bits per heavy atom. The summed E-state index contributed by atoms with van der Waals surface area (Å²) >= 11 is 0. The van der Waals surface area contributed by atoms with Gasteiger partial charge in [0.1, 0.15) is 6.61 Å². The number of ether oxygens (including phenoxy) is 3. The highest BCUT2D eigenvalue weighted by atomic mass is 16.5. The SMILES string of the molecule is CCOCC(=O)Nc1ccc(OCC)c(OCC)c1. The Morgan fingerprint density at radius 1 is 1.05 bits per heavy atom. The second-order valence-electron chi connectivity index (χ2n) is 3.71. The lowest BCUT2D eigenvalue weighted by atomic mass is 10.2. The van der Waals surface area contributed by atoms with Crippen LogP contribution in [0.5, 0.6) is 11.5 Å². The van der Waals surface area contributed by atoms with Gasteiger partial charge in [0.05, 0.1) is 13.2 Å². The van der Waals surface area contributed by atoms with Gasteiger partial charge in [0.25, 0.3) is 0 Å². The summed E-state index contributed by atoms with van der Waals surface area (Å²) in [6, 6.07) is 5.31. The van der Waals surface area contributed by atoms with Crippen molar-refractivity contribution in [2.75, 3.05) is 31.7 Å². The first-order valence-electron chi connectivity index (χ1n) is 6.48. The normalized spacial score (nSPS) is 10.1. The predicted octanol–water partition coefficient (Wildman–Crippen LogP) is 2.46. The Bertz CT molecular complexity index is 406. The zero-order chi connectivity index (χ0) is 14.1. The highest BCUT2D eigenvalue weighted by Crippen LogP contribution is 2.30. The Balaban J connectivity index is 2.74. The van der Waals surface area contributed by atoms with Crippen LogP contribution in [0.2, 0.25) is 0 Å². The summed E-state index contributed by atoms with van der Waals surface area (Å²) in [5, 5.41) is 2.75. The molecule has 1 aromatic rings. The van der Waals surface area contributed by atoms with Crippen LogP contribution in [0.15, 0.2) is 18.2 Å². The summed E-state index contributed by atoms with van der Waals surface area (Å²) in [6.45, 7) is 7.32. The van der Waals surface area contributed by atoms with Crippen molar-refractivity contribution in [2.24, 2.45) is 0 Å². The molecule has 19 heavy (non-hydrogen) atoms. The molecule has 1 amide bonds. The van der Waals surface area contributed by atoms with Crippen molar-refractivity contribution >= 4 is 11.6 Å². The van der Waals surface area contributed by atoms with E-state index in [1.54, 1.807) is 18.2 Å². The van der Waals surface area contributed by atoms with Gasteiger partial charge in [-0.15, -0.1) is 0 Å². The van der Waals surface area contributed by atoms with Gasteiger partial charge >= 0.3 is 0 Å². The van der Waals surface area contributed by atoms with E-state index in [0.717, 1.165) is 0 Å². The molecule has 0 saturated heterocycles. The first-order chi connectivity index (χ1) is 9.21. The molecular weight excluding hydrogens is 246 g/mol. The number of hydrogen-bond acceptors (Lipinski definition) is 4. The van der Waals surface area contributed by atoms with Crippen molar-refractivity contribution < 1.29 is 19.0 Å². The monoisotopic (exact) mass is 267 g/mol. The number of nitrogens with one attached hydrogen (secondary N) is 1. The summed E-state index contributed by atoms with van der Waals surface area (Å²) in [4.78, 5) is 11.5. The van der Waals surface area contributed by atoms with Crippen molar-refractivity contribution in [1.29, 1.82) is 0 Å². The minimum Gasteiger partial charge on any atom is -0.490 e. The summed E-state index contributed by atoms with van der Waals surface area (Å²) in [6.07, 6.45) is 0. The quantitative estimate of drug-likeness (QED) is 0.786. The topological polar surface area (TPSA) is 56.8 Å². The zero-order valence-corrected chi connectivity index (χ0v) is 11.7. The number of carbonyl (C=O) groups is 1. The van der Waals surface area contributed by atoms with Gasteiger partial charge in [0, 0.05) is 18.4 Å². The van der Waals surface area contributed by atoms with Crippen LogP contribution in [0, 0.1) is 0 Å². The van der Waals surface area contributed by atoms with Crippen LogP contribution in [0.4, 0.5) is 5.69 Å². The van der Waals surface area contributed by atoms with Gasteiger partial charge in [-0.3, -0.25) is 4.79 Å². The minimum atomic E-state index is -0.187. The average molecular weight is 267 g/mol. The largest absolute Gasteiger partial charge is 0.490 e. The lowest BCUT2D eigenvalue weighted by molar-refractivity contribution is -0.120. The van der Waals surface area contributed by atoms with E-state index >= 15 is 0 Å². The van der Waals surface area contributed by atoms with Crippen molar-refractivity contribution in [3.63, 3.8) is 0 Å². The first kappa shape index (κ1) is 15.3. The summed E-state index contributed by atoms with van der Waals surface area (Å²) < 4.78 is 16.0. The van der Waals surface area contributed by atoms with E-state index < -0.39 is 0 Å². The fraction of sp³-hybridized carbons (Fsp3) is 0.500. The van der Waals surface area contributed by atoms with Crippen LogP contribution in [-0.4, -0.2) is 32.3 Å². The lowest BCUT2D eigenvalue weighted by Crippen LogP contribution is -2.18. The third-order valence-electron chi connectivity index (χ3n) is 2.26. The molecule has 0 atom stereocenters. The van der Waals surface area contributed by atoms with E-state index in [1.165, 1.54) is 0 Å². The van der Waals surface area contributed by atoms with Crippen molar-refractivity contribution in [2.45, 2.75) is 20.8 Å². The molecule has 5 heteroatoms. The third kappa shape index (κ3) is 5.18. The number of rotatable bonds is 8. The zero-order valence-electron chi connectivity index (χ0n) is 11.7. The number of amides is 1. The number of hydrogen-bond donors (Lipinski definition) is 1. The highest BCUT2D eigenvalue weighted by molar-refractivity contribution is 5.92. The first-order valence-corrected chi connectivity index (χ1v) is 6.48. The van der Waals surface area contributed by atoms with Crippen LogP contribution < -0.4 is 14.8 Å². The second-order valence-corrected chi connectivity index (χ2v) is 3.71. The van der Waals surface area contributed by atoms with Gasteiger partial charge in [0.2, 0.25) is 5.91 Å². The molecule has 106 valence electrons. The second kappa shape index (κ2) is 8.37. The average Bonchev–Trinajstić information content (AvgIpc) is 2.40. The molecule has 0 saturated carbocycles. The van der Waals surface area contributed by atoms with Gasteiger partial charge in [-0.2, -0.15) is 0 Å². The molecule has 0 unspecified atom stereocenters. The van der Waals surface area contributed by atoms with E-state index in [1.807, 2.05) is 20.8 Å². The van der Waals surface area contributed by atoms with E-state index in [2.05, 4.69) is 5.32 Å². The van der Waals surface area contributed by atoms with Crippen molar-refractivity contribution in [1.82, 2.24) is 0 Å². The van der Waals surface area contributed by atoms with E-state index in [0.29, 0.717) is 37.0 Å². The Morgan fingerprint density at radius 3 is 2.37 bits per heavy atom. The molecule has 0 aliphatic carbocycles. The Labute approximate surface area is 113 Å². The summed E-state index contributed by atoms with van der Waals surface area (Å²) in [7, 11) is 0. The van der Waals surface area contributed by atoms with Gasteiger partial charge in [0.15, 0.2) is 11.5 Å². The van der Waals surface area contributed by atoms with Crippen LogP contribution >= 0.6 is 0 Å². The maximum absolute atomic E-state index is 11.5. The van der Waals surface area contributed by atoms with Gasteiger partial charge in [-0.05, 0) is 32.9 Å². The summed E-state index contributed by atoms with van der Waals surface area (Å²) in [5.74, 6) is 1.11. The third-order valence-corrected chi connectivity index (χ3v) is 2.26. The summed E-state index contributed by atoms with van der Waals surface area (Å²) in [5.41, 5.74) is 0.664. The number of benzene rings is 1. The maximum Gasteiger partial charge on any atom is 0.250 e. The molecule has 0 bridgehead atoms. The minimum absolute atomic E-state index is 0.0493. The van der Waals surface area contributed by atoms with Gasteiger partial charge in [-0.1, -0.05) is 0 Å². The predicted molar refractivity (Wildman–Crippen MR) is 73.9 cm³/mol. The van der Waals surface area contributed by atoms with Crippen molar-refractivity contribution in [3.05, 3.63) is 18.2 Å². The Hall–Kier alpha value is -1.75. The maximum atomic E-state index is 11.5. The smallest absolute Gasteiger partial charge is 0.250 e. The van der Waals surface area contributed by atoms with Crippen LogP contribution in [0.25, 0.3) is 0 Å². The van der Waals surface area contributed by atoms with Crippen LogP contribution in [0.3, 0.4) is 0 Å². The molecule has 0 aliphatic heterocycles. The molecule has 0 heterocycles. The fourth-order valence-corrected chi connectivity index (χ4v) is 1.52. The molecule has 1 N–H and O–H groups in total. The molecule has 1 rings (SSSR count). The number of anilines is 1. The molecule has 0 aliphatic rings. The van der Waals surface area contributed by atoms with Crippen molar-refractivity contribution in [3.8, 4) is 11.5 Å². The van der Waals surface area contributed by atoms with Gasteiger partial charge in [-0.25, -0.2) is 0 Å².